The van der Waals surface area contributed by atoms with Gasteiger partial charge in [-0.2, -0.15) is 0 Å². The van der Waals surface area contributed by atoms with Crippen LogP contribution in [0.5, 0.6) is 0 Å². The van der Waals surface area contributed by atoms with Gasteiger partial charge in [0.1, 0.15) is 6.04 Å². The minimum Gasteiger partial charge on any atom is -0.478 e. The molecule has 0 radical (unpaired) electrons. The lowest BCUT2D eigenvalue weighted by atomic mass is 10.0. The molecule has 3 aromatic carbocycles. The molecule has 214 valence electrons. The number of benzene rings is 3. The van der Waals surface area contributed by atoms with Gasteiger partial charge in [0.15, 0.2) is 0 Å². The number of anilines is 1. The maximum Gasteiger partial charge on any atom is 0.396 e. The van der Waals surface area contributed by atoms with Crippen LogP contribution in [-0.2, 0) is 38.6 Å². The Labute approximate surface area is 240 Å². The first kappa shape index (κ1) is 30.8. The number of hydrazine groups is 1. The number of carboxylic acids is 2. The fraction of sp³-hybridized carbons (Fsp3) is 0.207. The van der Waals surface area contributed by atoms with Gasteiger partial charge >= 0.3 is 17.8 Å². The predicted octanol–water partition coefficient (Wildman–Crippen LogP) is 2.68. The summed E-state index contributed by atoms with van der Waals surface area (Å²) in [5.41, 5.74) is 1.10. The quantitative estimate of drug-likeness (QED) is 0.210. The number of aliphatic hydroxyl groups is 1. The number of aromatic carboxylic acids is 1. The first-order chi connectivity index (χ1) is 19.5. The molecule has 41 heavy (non-hydrogen) atoms. The molecule has 0 saturated heterocycles. The van der Waals surface area contributed by atoms with E-state index in [1.54, 1.807) is 48.5 Å². The number of rotatable bonds is 10. The van der Waals surface area contributed by atoms with Gasteiger partial charge in [-0.25, -0.2) is 19.6 Å². The largest absolute Gasteiger partial charge is 0.478 e. The molecule has 3 aromatic rings. The van der Waals surface area contributed by atoms with Crippen molar-refractivity contribution in [1.82, 2.24) is 10.3 Å². The third-order valence-electron chi connectivity index (χ3n) is 6.07. The average Bonchev–Trinajstić information content (AvgIpc) is 2.94. The van der Waals surface area contributed by atoms with E-state index in [2.05, 4.69) is 5.32 Å². The normalized spacial score (nSPS) is 11.3. The minimum atomic E-state index is -1.97. The van der Waals surface area contributed by atoms with Crippen molar-refractivity contribution in [2.75, 3.05) is 11.6 Å². The zero-order chi connectivity index (χ0) is 30.1. The van der Waals surface area contributed by atoms with Crippen molar-refractivity contribution in [1.29, 1.82) is 0 Å². The Hall–Kier alpha value is -4.74. The van der Waals surface area contributed by atoms with Crippen molar-refractivity contribution in [2.45, 2.75) is 32.4 Å². The standard InChI is InChI=1S/C29H28ClN3O8/c1-18(35)32(33(27(37)29(40)41)24-8-3-2-7-23(24)28(38)39)25(16-21-6-4-5-19(15-21)13-14-34)26(36)31-17-20-9-11-22(30)12-10-20/h2-12,15,25,34H,13-14,16-17H2,1H3,(H,31,36)(H,38,39)(H,40,41)/t25-/m0/s1. The molecule has 1 atom stereocenters. The number of carbonyl (C=O) groups is 5. The van der Waals surface area contributed by atoms with E-state index in [0.29, 0.717) is 32.6 Å². The van der Waals surface area contributed by atoms with E-state index in [-0.39, 0.29) is 19.6 Å². The summed E-state index contributed by atoms with van der Waals surface area (Å²) < 4.78 is 0. The molecule has 11 nitrogen and oxygen atoms in total. The van der Waals surface area contributed by atoms with Crippen LogP contribution in [0.15, 0.2) is 72.8 Å². The number of halogens is 1. The van der Waals surface area contributed by atoms with Gasteiger partial charge in [-0.1, -0.05) is 60.1 Å². The van der Waals surface area contributed by atoms with Crippen LogP contribution in [0.4, 0.5) is 5.69 Å². The molecule has 3 rings (SSSR count). The number of hydrogen-bond acceptors (Lipinski definition) is 6. The van der Waals surface area contributed by atoms with Crippen molar-refractivity contribution in [2.24, 2.45) is 0 Å². The van der Waals surface area contributed by atoms with Crippen LogP contribution in [-0.4, -0.2) is 62.6 Å². The van der Waals surface area contributed by atoms with Crippen LogP contribution in [0.2, 0.25) is 5.02 Å². The fourth-order valence-corrected chi connectivity index (χ4v) is 4.34. The maximum absolute atomic E-state index is 13.7. The Balaban J connectivity index is 2.14. The number of carbonyl (C=O) groups excluding carboxylic acids is 3. The Kier molecular flexibility index (Phi) is 10.6. The molecule has 0 aliphatic heterocycles. The second kappa shape index (κ2) is 14.1. The molecule has 4 N–H and O–H groups in total. The number of para-hydroxylation sites is 1. The average molecular weight is 582 g/mol. The van der Waals surface area contributed by atoms with Crippen LogP contribution in [0.3, 0.4) is 0 Å². The van der Waals surface area contributed by atoms with Crippen molar-refractivity contribution >= 4 is 46.9 Å². The Morgan fingerprint density at radius 2 is 1.54 bits per heavy atom. The zero-order valence-electron chi connectivity index (χ0n) is 22.0. The molecule has 0 bridgehead atoms. The molecular formula is C29H28ClN3O8. The van der Waals surface area contributed by atoms with Gasteiger partial charge in [-0.05, 0) is 47.4 Å². The molecule has 0 spiro atoms. The van der Waals surface area contributed by atoms with Crippen molar-refractivity contribution in [3.05, 3.63) is 100 Å². The van der Waals surface area contributed by atoms with E-state index in [1.807, 2.05) is 0 Å². The molecule has 0 unspecified atom stereocenters. The first-order valence-electron chi connectivity index (χ1n) is 12.4. The van der Waals surface area contributed by atoms with Gasteiger partial charge in [0, 0.05) is 31.5 Å². The van der Waals surface area contributed by atoms with Crippen LogP contribution < -0.4 is 10.3 Å². The van der Waals surface area contributed by atoms with Crippen molar-refractivity contribution in [3.8, 4) is 0 Å². The number of hydrogen-bond donors (Lipinski definition) is 4. The molecule has 3 amide bonds. The highest BCUT2D eigenvalue weighted by molar-refractivity contribution is 6.37. The van der Waals surface area contributed by atoms with Crippen LogP contribution in [0.1, 0.15) is 34.0 Å². The lowest BCUT2D eigenvalue weighted by Crippen LogP contribution is -2.61. The molecule has 0 aromatic heterocycles. The number of nitrogens with zero attached hydrogens (tertiary/aromatic N) is 2. The highest BCUT2D eigenvalue weighted by Crippen LogP contribution is 2.26. The first-order valence-corrected chi connectivity index (χ1v) is 12.8. The third kappa shape index (κ3) is 7.90. The number of aliphatic hydroxyl groups excluding tert-OH is 1. The van der Waals surface area contributed by atoms with E-state index < -0.39 is 47.0 Å². The van der Waals surface area contributed by atoms with E-state index in [0.717, 1.165) is 18.6 Å². The van der Waals surface area contributed by atoms with E-state index in [4.69, 9.17) is 11.6 Å². The van der Waals surface area contributed by atoms with Gasteiger partial charge in [-0.15, -0.1) is 0 Å². The predicted molar refractivity (Wildman–Crippen MR) is 149 cm³/mol. The summed E-state index contributed by atoms with van der Waals surface area (Å²) in [6, 6.07) is 17.0. The number of nitrogens with one attached hydrogen (secondary N) is 1. The van der Waals surface area contributed by atoms with Gasteiger partial charge in [0.25, 0.3) is 0 Å². The van der Waals surface area contributed by atoms with Gasteiger partial charge in [0.05, 0.1) is 11.3 Å². The zero-order valence-corrected chi connectivity index (χ0v) is 22.7. The summed E-state index contributed by atoms with van der Waals surface area (Å²) in [5, 5.41) is 33.0. The monoisotopic (exact) mass is 581 g/mol. The van der Waals surface area contributed by atoms with Gasteiger partial charge in [0.2, 0.25) is 11.8 Å². The number of carboxylic acid groups (broad SMARTS) is 2. The van der Waals surface area contributed by atoms with Crippen LogP contribution >= 0.6 is 11.6 Å². The molecule has 12 heteroatoms. The van der Waals surface area contributed by atoms with E-state index in [1.165, 1.54) is 18.2 Å². The number of amides is 3. The SMILES string of the molecule is CC(=O)N([C@@H](Cc1cccc(CCO)c1)C(=O)NCc1ccc(Cl)cc1)N(C(=O)C(=O)O)c1ccccc1C(=O)O. The molecule has 0 heterocycles. The second-order valence-corrected chi connectivity index (χ2v) is 9.40. The molecule has 0 aliphatic rings. The Morgan fingerprint density at radius 1 is 0.878 bits per heavy atom. The third-order valence-corrected chi connectivity index (χ3v) is 6.33. The maximum atomic E-state index is 13.7. The summed E-state index contributed by atoms with van der Waals surface area (Å²) >= 11 is 5.94. The second-order valence-electron chi connectivity index (χ2n) is 8.97. The summed E-state index contributed by atoms with van der Waals surface area (Å²) in [6.45, 7) is 0.926. The van der Waals surface area contributed by atoms with Gasteiger partial charge in [-0.3, -0.25) is 14.4 Å². The highest BCUT2D eigenvalue weighted by Gasteiger charge is 2.40. The number of aliphatic carboxylic acids is 1. The lowest BCUT2D eigenvalue weighted by Gasteiger charge is -2.38. The molecular weight excluding hydrogens is 554 g/mol. The highest BCUT2D eigenvalue weighted by atomic mass is 35.5. The minimum absolute atomic E-state index is 0.0153. The van der Waals surface area contributed by atoms with Crippen LogP contribution in [0.25, 0.3) is 0 Å². The molecule has 0 fully saturated rings. The van der Waals surface area contributed by atoms with Gasteiger partial charge < -0.3 is 20.6 Å². The lowest BCUT2D eigenvalue weighted by molar-refractivity contribution is -0.153. The topological polar surface area (TPSA) is 165 Å². The van der Waals surface area contributed by atoms with E-state index in [9.17, 15) is 39.3 Å². The summed E-state index contributed by atoms with van der Waals surface area (Å²) in [6.07, 6.45) is 0.150. The molecule has 0 saturated carbocycles. The smallest absolute Gasteiger partial charge is 0.396 e. The van der Waals surface area contributed by atoms with Crippen molar-refractivity contribution < 1.29 is 39.3 Å². The van der Waals surface area contributed by atoms with E-state index >= 15 is 0 Å². The summed E-state index contributed by atoms with van der Waals surface area (Å²) in [7, 11) is 0. The Bertz CT molecular complexity index is 1440. The van der Waals surface area contributed by atoms with Crippen molar-refractivity contribution in [3.63, 3.8) is 0 Å². The summed E-state index contributed by atoms with van der Waals surface area (Å²) in [5.74, 6) is -6.72. The molecule has 0 aliphatic carbocycles. The summed E-state index contributed by atoms with van der Waals surface area (Å²) in [4.78, 5) is 63.8. The van der Waals surface area contributed by atoms with Crippen LogP contribution in [0, 0.1) is 0 Å². The fourth-order valence-electron chi connectivity index (χ4n) is 4.22. The Morgan fingerprint density at radius 3 is 2.15 bits per heavy atom.